The Balaban J connectivity index is 0.00000276. The van der Waals surface area contributed by atoms with Crippen LogP contribution < -0.4 is 71.2 Å². The molecule has 23 nitrogen and oxygen atoms in total. The number of aromatic nitrogens is 6. The third-order valence-electron chi connectivity index (χ3n) is 14.3. The summed E-state index contributed by atoms with van der Waals surface area (Å²) in [6.07, 6.45) is 7.98. The lowest BCUT2D eigenvalue weighted by molar-refractivity contribution is 0.0981. The van der Waals surface area contributed by atoms with Crippen molar-refractivity contribution in [3.8, 4) is 11.5 Å². The fourth-order valence-electron chi connectivity index (χ4n) is 9.90. The molecule has 6 N–H and O–H groups in total. The normalized spacial score (nSPS) is 12.7. The number of carbonyl (C=O) groups excluding carboxylic acids is 3. The van der Waals surface area contributed by atoms with E-state index in [0.29, 0.717) is 153 Å². The number of hydrogen-bond acceptors (Lipinski definition) is 21. The Bertz CT molecular complexity index is 3320. The molecule has 5 heterocycles. The third-order valence-corrected chi connectivity index (χ3v) is 14.3. The molecule has 0 aliphatic carbocycles. The quantitative estimate of drug-likeness (QED) is 0.0176. The van der Waals surface area contributed by atoms with Crippen molar-refractivity contribution in [3.05, 3.63) is 150 Å². The Kier molecular flexibility index (Phi) is 26.9. The highest BCUT2D eigenvalue weighted by Gasteiger charge is 2.32. The van der Waals surface area contributed by atoms with Crippen LogP contribution in [0.15, 0.2) is 122 Å². The van der Waals surface area contributed by atoms with Crippen LogP contribution in [0.25, 0.3) is 0 Å². The van der Waals surface area contributed by atoms with E-state index < -0.39 is 0 Å². The molecule has 9 rings (SSSR count). The lowest BCUT2D eigenvalue weighted by Crippen LogP contribution is -2.44. The molecule has 0 atom stereocenters. The van der Waals surface area contributed by atoms with Crippen molar-refractivity contribution in [2.24, 2.45) is 0 Å². The number of amides is 2. The molecule has 0 saturated heterocycles. The number of anilines is 9. The van der Waals surface area contributed by atoms with Gasteiger partial charge in [-0.25, -0.2) is 25.8 Å². The molecule has 0 fully saturated rings. The Morgan fingerprint density at radius 1 is 0.551 bits per heavy atom. The van der Waals surface area contributed by atoms with E-state index in [1.807, 2.05) is 137 Å². The van der Waals surface area contributed by atoms with Gasteiger partial charge in [-0.1, -0.05) is 82.3 Å². The summed E-state index contributed by atoms with van der Waals surface area (Å²) in [6.45, 7) is 22.2. The number of nitrogens with zero attached hydrogens (tertiary/aromatic N) is 12. The van der Waals surface area contributed by atoms with Crippen LogP contribution in [0.2, 0.25) is 0 Å². The number of nitrogens with one attached hydrogen (secondary N) is 6. The van der Waals surface area contributed by atoms with Crippen molar-refractivity contribution >= 4 is 70.5 Å². The molecule has 23 heteroatoms. The molecule has 0 unspecified atom stereocenters. The number of ether oxygens (including phenoxy) is 2. The van der Waals surface area contributed by atoms with Crippen LogP contribution >= 0.6 is 0 Å². The van der Waals surface area contributed by atoms with Gasteiger partial charge in [0.05, 0.1) is 25.3 Å². The molecule has 89 heavy (non-hydrogen) atoms. The summed E-state index contributed by atoms with van der Waals surface area (Å²) in [5.41, 5.74) is 13.1. The van der Waals surface area contributed by atoms with Gasteiger partial charge in [0.1, 0.15) is 35.1 Å². The number of hydrazine groups is 2. The molecule has 2 amide bonds. The van der Waals surface area contributed by atoms with Gasteiger partial charge in [-0.2, -0.15) is 15.0 Å². The molecule has 0 saturated carbocycles. The zero-order valence-corrected chi connectivity index (χ0v) is 53.3. The number of likely N-dealkylation sites (N-methyl/N-ethyl adjacent to an activating group) is 2. The second-order valence-electron chi connectivity index (χ2n) is 20.4. The Morgan fingerprint density at radius 3 is 1.66 bits per heavy atom. The number of aryl methyl sites for hydroxylation is 1. The predicted molar refractivity (Wildman–Crippen MR) is 359 cm³/mol. The summed E-state index contributed by atoms with van der Waals surface area (Å²) in [7, 11) is 3.99. The maximum absolute atomic E-state index is 14.5. The van der Waals surface area contributed by atoms with Crippen molar-refractivity contribution in [1.82, 2.24) is 46.1 Å². The number of benzene rings is 4. The van der Waals surface area contributed by atoms with Crippen LogP contribution in [0.5, 0.6) is 11.5 Å². The Morgan fingerprint density at radius 2 is 1.08 bits per heavy atom. The molecule has 0 bridgehead atoms. The lowest BCUT2D eigenvalue weighted by atomic mass is 10.1. The van der Waals surface area contributed by atoms with Gasteiger partial charge in [0.2, 0.25) is 17.8 Å². The van der Waals surface area contributed by atoms with E-state index in [-0.39, 0.29) is 18.4 Å². The maximum atomic E-state index is 14.5. The van der Waals surface area contributed by atoms with Crippen molar-refractivity contribution in [2.75, 3.05) is 151 Å². The number of fused-ring (bicyclic) bond motifs is 2. The first-order chi connectivity index (χ1) is 43.6. The van der Waals surface area contributed by atoms with Gasteiger partial charge in [0.15, 0.2) is 17.9 Å². The summed E-state index contributed by atoms with van der Waals surface area (Å²) in [6, 6.07) is 34.0. The molecule has 0 radical (unpaired) electrons. The van der Waals surface area contributed by atoms with Crippen molar-refractivity contribution in [2.45, 2.75) is 74.3 Å². The fraction of sp³-hybridized carbons (Fsp3) is 0.409. The van der Waals surface area contributed by atoms with Gasteiger partial charge >= 0.3 is 0 Å². The van der Waals surface area contributed by atoms with Crippen LogP contribution in [-0.4, -0.2) is 154 Å². The first kappa shape index (κ1) is 67.3. The van der Waals surface area contributed by atoms with Crippen LogP contribution in [0.3, 0.4) is 0 Å². The van der Waals surface area contributed by atoms with Crippen LogP contribution in [0, 0.1) is 0 Å². The molecule has 4 aromatic carbocycles. The van der Waals surface area contributed by atoms with Crippen molar-refractivity contribution in [3.63, 3.8) is 0 Å². The van der Waals surface area contributed by atoms with E-state index in [9.17, 15) is 14.4 Å². The average Bonchev–Trinajstić information content (AvgIpc) is 2.20. The number of rotatable bonds is 31. The minimum absolute atomic E-state index is 0.220. The highest BCUT2D eigenvalue weighted by atomic mass is 16.5. The second kappa shape index (κ2) is 35.6. The second-order valence-corrected chi connectivity index (χ2v) is 20.4. The van der Waals surface area contributed by atoms with Crippen molar-refractivity contribution < 1.29 is 23.9 Å². The van der Waals surface area contributed by atoms with E-state index in [2.05, 4.69) is 100 Å². The van der Waals surface area contributed by atoms with E-state index in [1.54, 1.807) is 28.4 Å². The first-order valence-corrected chi connectivity index (χ1v) is 31.3. The van der Waals surface area contributed by atoms with E-state index in [4.69, 9.17) is 19.4 Å². The van der Waals surface area contributed by atoms with Gasteiger partial charge in [-0.05, 0) is 94.1 Å². The zero-order chi connectivity index (χ0) is 63.3. The van der Waals surface area contributed by atoms with E-state index >= 15 is 0 Å². The first-order valence-electron chi connectivity index (χ1n) is 31.3. The molecule has 2 aliphatic heterocycles. The molecule has 7 aromatic rings. The minimum atomic E-state index is -0.225. The summed E-state index contributed by atoms with van der Waals surface area (Å²) in [5, 5.41) is 16.8. The monoisotopic (exact) mass is 1210 g/mol. The fourth-order valence-corrected chi connectivity index (χ4v) is 9.90. The third kappa shape index (κ3) is 18.9. The van der Waals surface area contributed by atoms with Gasteiger partial charge < -0.3 is 50.3 Å². The number of aldehydes is 1. The zero-order valence-electron chi connectivity index (χ0n) is 53.3. The highest BCUT2D eigenvalue weighted by molar-refractivity contribution is 6.10. The topological polar surface area (TPSA) is 239 Å². The molecular weight excluding hydrogens is 1120 g/mol. The smallest absolute Gasteiger partial charge is 0.263 e. The summed E-state index contributed by atoms with van der Waals surface area (Å²) in [4.78, 5) is 75.7. The standard InChI is InChI=1S/C62H78N18O5.2C2H6/c1-6-64-60-67-41-47(44-81)55(72-60)76(5)30-29-75(4)48-21-12-19-45(37-48)20-15-27-70-79-33-31-77(58(82)53-42-68-61(65-7-2)73-56(53)79)50-23-14-25-52(39-50)85-36-28-71-80-34-32-78(59(83)54-43-69-62(66-8-3)74-57(54)80)49-22-13-24-51(38-49)84-35-16-26-63-40-46-17-10-9-11-18-46;2*1-2/h9-14,17-19,21-25,37-39,41-44,63,70-71H,6-8,15-16,20,26-36,40H2,1-5H3,(H,64,67,72)(H,65,68,73)(H,66,69,74);2*1-2H3. The summed E-state index contributed by atoms with van der Waals surface area (Å²) >= 11 is 0. The SMILES string of the molecule is CC.CC.CCNc1ncc(C=O)c(N(C)CCN(C)c2cccc(CCCNN3CCN(c4cccc(OCCNN5CCN(c6cccc(OCCCNCc7ccccc7)c6)C(=O)c6cnc(NCC)nc65)c4)C(=O)c4cnc(NCC)nc43)c2)n1. The maximum Gasteiger partial charge on any atom is 0.263 e. The summed E-state index contributed by atoms with van der Waals surface area (Å²) in [5.74, 6) is 3.72. The minimum Gasteiger partial charge on any atom is -0.493 e. The van der Waals surface area contributed by atoms with Gasteiger partial charge in [0, 0.05) is 127 Å². The molecule has 474 valence electrons. The van der Waals surface area contributed by atoms with Crippen molar-refractivity contribution in [1.29, 1.82) is 0 Å². The van der Waals surface area contributed by atoms with Crippen LogP contribution in [0.4, 0.5) is 52.4 Å². The van der Waals surface area contributed by atoms with E-state index in [1.165, 1.54) is 11.1 Å². The molecule has 2 aliphatic rings. The van der Waals surface area contributed by atoms with Gasteiger partial charge in [0.25, 0.3) is 11.8 Å². The average molecular weight is 1220 g/mol. The highest BCUT2D eigenvalue weighted by Crippen LogP contribution is 2.31. The molecule has 3 aromatic heterocycles. The predicted octanol–water partition coefficient (Wildman–Crippen LogP) is 9.00. The largest absolute Gasteiger partial charge is 0.493 e. The van der Waals surface area contributed by atoms with Crippen LogP contribution in [0.1, 0.15) is 104 Å². The van der Waals surface area contributed by atoms with Crippen LogP contribution in [-0.2, 0) is 13.0 Å². The molecular formula is C66H90N18O5. The molecule has 0 spiro atoms. The van der Waals surface area contributed by atoms with Gasteiger partial charge in [-0.3, -0.25) is 24.4 Å². The lowest BCUT2D eigenvalue weighted by Gasteiger charge is -2.26. The number of carbonyl (C=O) groups is 3. The Labute approximate surface area is 525 Å². The number of hydrogen-bond donors (Lipinski definition) is 6. The summed E-state index contributed by atoms with van der Waals surface area (Å²) < 4.78 is 12.5. The van der Waals surface area contributed by atoms with Gasteiger partial charge in [-0.15, -0.1) is 0 Å². The Hall–Kier alpha value is -9.19. The van der Waals surface area contributed by atoms with E-state index in [0.717, 1.165) is 44.3 Å².